The Bertz CT molecular complexity index is 1300. The molecule has 1 amide bonds. The molecule has 2 aliphatic heterocycles. The predicted molar refractivity (Wildman–Crippen MR) is 134 cm³/mol. The number of carbonyl (C=O) groups is 1. The topological polar surface area (TPSA) is 82.1 Å². The molecule has 0 atom stereocenters. The van der Waals surface area contributed by atoms with E-state index in [0.717, 1.165) is 43.2 Å². The van der Waals surface area contributed by atoms with Gasteiger partial charge in [-0.05, 0) is 72.4 Å². The highest BCUT2D eigenvalue weighted by molar-refractivity contribution is 8.18. The summed E-state index contributed by atoms with van der Waals surface area (Å²) in [6, 6.07) is 21.0. The Labute approximate surface area is 201 Å². The van der Waals surface area contributed by atoms with Crippen LogP contribution < -0.4 is 4.90 Å². The highest BCUT2D eigenvalue weighted by atomic mass is 32.2. The van der Waals surface area contributed by atoms with Gasteiger partial charge in [-0.25, -0.2) is 4.99 Å². The SMILES string of the molecule is CN1C(=O)/C(=C\c2ccc(-c3ccc(C#N)cc3)o2)SC1=Nc1ccc(N2CCOCC2)cc1. The molecular weight excluding hydrogens is 448 g/mol. The van der Waals surface area contributed by atoms with Crippen LogP contribution in [0.5, 0.6) is 0 Å². The number of ether oxygens (including phenoxy) is 1. The number of rotatable bonds is 4. The fraction of sp³-hybridized carbons (Fsp3) is 0.192. The quantitative estimate of drug-likeness (QED) is 0.505. The van der Waals surface area contributed by atoms with Gasteiger partial charge >= 0.3 is 0 Å². The van der Waals surface area contributed by atoms with E-state index in [1.807, 2.05) is 36.4 Å². The Hall–Kier alpha value is -3.80. The first kappa shape index (κ1) is 22.0. The second-order valence-electron chi connectivity index (χ2n) is 7.88. The van der Waals surface area contributed by atoms with Crippen molar-refractivity contribution in [3.8, 4) is 17.4 Å². The molecule has 0 unspecified atom stereocenters. The number of amides is 1. The summed E-state index contributed by atoms with van der Waals surface area (Å²) in [5, 5.41) is 9.57. The summed E-state index contributed by atoms with van der Waals surface area (Å²) in [6.45, 7) is 3.25. The van der Waals surface area contributed by atoms with Crippen molar-refractivity contribution in [2.45, 2.75) is 0 Å². The lowest BCUT2D eigenvalue weighted by Gasteiger charge is -2.28. The molecule has 0 N–H and O–H groups in total. The van der Waals surface area contributed by atoms with Gasteiger partial charge in [0.1, 0.15) is 11.5 Å². The molecule has 3 aromatic rings. The van der Waals surface area contributed by atoms with E-state index in [9.17, 15) is 4.79 Å². The molecule has 3 heterocycles. The lowest BCUT2D eigenvalue weighted by atomic mass is 10.1. The molecular formula is C26H22N4O3S. The Balaban J connectivity index is 1.31. The minimum absolute atomic E-state index is 0.120. The van der Waals surface area contributed by atoms with Crippen LogP contribution in [0.15, 0.2) is 75.0 Å². The van der Waals surface area contributed by atoms with Crippen molar-refractivity contribution in [2.75, 3.05) is 38.3 Å². The molecule has 7 nitrogen and oxygen atoms in total. The highest BCUT2D eigenvalue weighted by Crippen LogP contribution is 2.34. The first-order chi connectivity index (χ1) is 16.6. The van der Waals surface area contributed by atoms with Crippen molar-refractivity contribution >= 4 is 40.3 Å². The maximum absolute atomic E-state index is 12.8. The third-order valence-corrected chi connectivity index (χ3v) is 6.71. The highest BCUT2D eigenvalue weighted by Gasteiger charge is 2.30. The van der Waals surface area contributed by atoms with Gasteiger partial charge in [-0.2, -0.15) is 5.26 Å². The van der Waals surface area contributed by atoms with Crippen molar-refractivity contribution in [1.82, 2.24) is 4.90 Å². The summed E-state index contributed by atoms with van der Waals surface area (Å²) in [6.07, 6.45) is 1.74. The molecule has 5 rings (SSSR count). The third kappa shape index (κ3) is 4.62. The van der Waals surface area contributed by atoms with E-state index in [1.54, 1.807) is 30.2 Å². The van der Waals surface area contributed by atoms with E-state index in [4.69, 9.17) is 14.4 Å². The van der Waals surface area contributed by atoms with E-state index in [2.05, 4.69) is 28.1 Å². The molecule has 0 radical (unpaired) electrons. The zero-order chi connectivity index (χ0) is 23.5. The van der Waals surface area contributed by atoms with Gasteiger partial charge in [-0.1, -0.05) is 0 Å². The smallest absolute Gasteiger partial charge is 0.266 e. The van der Waals surface area contributed by atoms with Gasteiger partial charge in [0.15, 0.2) is 5.17 Å². The second kappa shape index (κ2) is 9.59. The fourth-order valence-electron chi connectivity index (χ4n) is 3.75. The van der Waals surface area contributed by atoms with Gasteiger partial charge in [0.05, 0.1) is 35.4 Å². The molecule has 2 fully saturated rings. The third-order valence-electron chi connectivity index (χ3n) is 5.65. The van der Waals surface area contributed by atoms with Crippen LogP contribution in [-0.4, -0.2) is 49.3 Å². The maximum Gasteiger partial charge on any atom is 0.266 e. The number of nitriles is 1. The van der Waals surface area contributed by atoms with E-state index < -0.39 is 0 Å². The molecule has 170 valence electrons. The zero-order valence-electron chi connectivity index (χ0n) is 18.6. The van der Waals surface area contributed by atoms with Gasteiger partial charge in [0.25, 0.3) is 5.91 Å². The van der Waals surface area contributed by atoms with Crippen LogP contribution in [0.2, 0.25) is 0 Å². The molecule has 2 saturated heterocycles. The van der Waals surface area contributed by atoms with Crippen LogP contribution in [-0.2, 0) is 9.53 Å². The Kier molecular flexibility index (Phi) is 6.21. The van der Waals surface area contributed by atoms with E-state index in [0.29, 0.717) is 27.2 Å². The number of anilines is 1. The molecule has 34 heavy (non-hydrogen) atoms. The number of nitrogens with zero attached hydrogens (tertiary/aromatic N) is 4. The number of aliphatic imine (C=N–C) groups is 1. The molecule has 8 heteroatoms. The molecule has 2 aliphatic rings. The lowest BCUT2D eigenvalue weighted by Crippen LogP contribution is -2.36. The number of hydrogen-bond donors (Lipinski definition) is 0. The van der Waals surface area contributed by atoms with Crippen molar-refractivity contribution in [1.29, 1.82) is 5.26 Å². The Morgan fingerprint density at radius 3 is 2.47 bits per heavy atom. The average molecular weight is 471 g/mol. The van der Waals surface area contributed by atoms with Gasteiger partial charge in [0.2, 0.25) is 0 Å². The van der Waals surface area contributed by atoms with Crippen LogP contribution in [0.1, 0.15) is 11.3 Å². The average Bonchev–Trinajstić information content (AvgIpc) is 3.46. The largest absolute Gasteiger partial charge is 0.457 e. The van der Waals surface area contributed by atoms with Gasteiger partial charge in [0, 0.05) is 37.5 Å². The number of furan rings is 1. The molecule has 0 spiro atoms. The van der Waals surface area contributed by atoms with E-state index >= 15 is 0 Å². The molecule has 0 bridgehead atoms. The lowest BCUT2D eigenvalue weighted by molar-refractivity contribution is -0.121. The number of benzene rings is 2. The minimum atomic E-state index is -0.120. The van der Waals surface area contributed by atoms with Crippen LogP contribution in [0.4, 0.5) is 11.4 Å². The summed E-state index contributed by atoms with van der Waals surface area (Å²) in [5.74, 6) is 1.14. The number of thioether (sulfide) groups is 1. The zero-order valence-corrected chi connectivity index (χ0v) is 19.4. The number of morpholine rings is 1. The van der Waals surface area contributed by atoms with Crippen molar-refractivity contribution < 1.29 is 13.9 Å². The number of likely N-dealkylation sites (N-methyl/N-ethyl adjacent to an activating group) is 1. The van der Waals surface area contributed by atoms with E-state index in [-0.39, 0.29) is 5.91 Å². The molecule has 0 saturated carbocycles. The molecule has 0 aliphatic carbocycles. The number of hydrogen-bond acceptors (Lipinski definition) is 7. The van der Waals surface area contributed by atoms with Gasteiger partial charge in [-0.3, -0.25) is 9.69 Å². The summed E-state index contributed by atoms with van der Waals surface area (Å²) < 4.78 is 11.3. The summed E-state index contributed by atoms with van der Waals surface area (Å²) >= 11 is 1.32. The summed E-state index contributed by atoms with van der Waals surface area (Å²) in [4.78, 5) is 21.9. The first-order valence-corrected chi connectivity index (χ1v) is 11.7. The monoisotopic (exact) mass is 470 g/mol. The summed E-state index contributed by atoms with van der Waals surface area (Å²) in [7, 11) is 1.72. The van der Waals surface area contributed by atoms with Crippen LogP contribution in [0, 0.1) is 11.3 Å². The number of amidine groups is 1. The summed E-state index contributed by atoms with van der Waals surface area (Å²) in [5.41, 5.74) is 3.40. The van der Waals surface area contributed by atoms with Crippen LogP contribution >= 0.6 is 11.8 Å². The van der Waals surface area contributed by atoms with Crippen LogP contribution in [0.25, 0.3) is 17.4 Å². The van der Waals surface area contributed by atoms with Crippen molar-refractivity contribution in [3.63, 3.8) is 0 Å². The second-order valence-corrected chi connectivity index (χ2v) is 8.89. The minimum Gasteiger partial charge on any atom is -0.457 e. The first-order valence-electron chi connectivity index (χ1n) is 10.9. The normalized spacial score (nSPS) is 18.6. The van der Waals surface area contributed by atoms with Gasteiger partial charge in [-0.15, -0.1) is 0 Å². The van der Waals surface area contributed by atoms with Gasteiger partial charge < -0.3 is 14.1 Å². The predicted octanol–water partition coefficient (Wildman–Crippen LogP) is 4.89. The number of carbonyl (C=O) groups excluding carboxylic acids is 1. The Morgan fingerprint density at radius 1 is 1.03 bits per heavy atom. The molecule has 1 aromatic heterocycles. The standard InChI is InChI=1S/C26H22N4O3S/c1-29-25(31)24(16-22-10-11-23(33-22)19-4-2-18(17-27)3-5-19)34-26(29)28-20-6-8-21(9-7-20)30-12-14-32-15-13-30/h2-11,16H,12-15H2,1H3/b24-16+,28-26?. The van der Waals surface area contributed by atoms with Crippen LogP contribution in [0.3, 0.4) is 0 Å². The van der Waals surface area contributed by atoms with Crippen molar-refractivity contribution in [3.05, 3.63) is 76.9 Å². The van der Waals surface area contributed by atoms with E-state index in [1.165, 1.54) is 11.8 Å². The van der Waals surface area contributed by atoms with Crippen molar-refractivity contribution in [2.24, 2.45) is 4.99 Å². The Morgan fingerprint density at radius 2 is 1.76 bits per heavy atom. The molecule has 2 aromatic carbocycles. The maximum atomic E-state index is 12.8. The fourth-order valence-corrected chi connectivity index (χ4v) is 4.71.